The molecule has 106 valence electrons. The zero-order valence-corrected chi connectivity index (χ0v) is 12.2. The average Bonchev–Trinajstić information content (AvgIpc) is 2.30. The maximum Gasteiger partial charge on any atom is 0.319 e. The Bertz CT molecular complexity index is 410. The lowest BCUT2D eigenvalue weighted by atomic mass is 10.1. The number of rotatable bonds is 5. The second-order valence-corrected chi connectivity index (χ2v) is 5.39. The summed E-state index contributed by atoms with van der Waals surface area (Å²) >= 11 is 0. The lowest BCUT2D eigenvalue weighted by molar-refractivity contribution is 0.148. The highest BCUT2D eigenvalue weighted by molar-refractivity contribution is 5.90. The number of carbonyl (C=O) groups excluding carboxylic acids is 1. The van der Waals surface area contributed by atoms with Gasteiger partial charge in [-0.3, -0.25) is 0 Å². The molecule has 0 heterocycles. The standard InChI is InChI=1S/C15H24N2O2/c1-10(2)8-13(18)9-16-15(19)17-14-11(3)6-5-7-12(14)4/h5-7,10,13,18H,8-9H2,1-4H3,(H2,16,17,19)/t13-/m1/s1. The normalized spacial score (nSPS) is 12.3. The minimum atomic E-state index is -0.497. The van der Waals surface area contributed by atoms with Crippen molar-refractivity contribution in [2.75, 3.05) is 11.9 Å². The number of para-hydroxylation sites is 1. The van der Waals surface area contributed by atoms with E-state index in [4.69, 9.17) is 0 Å². The van der Waals surface area contributed by atoms with Crippen LogP contribution in [0.1, 0.15) is 31.4 Å². The molecule has 3 N–H and O–H groups in total. The predicted molar refractivity (Wildman–Crippen MR) is 78.4 cm³/mol. The van der Waals surface area contributed by atoms with Crippen molar-refractivity contribution in [3.05, 3.63) is 29.3 Å². The number of carbonyl (C=O) groups is 1. The van der Waals surface area contributed by atoms with Crippen LogP contribution in [0.4, 0.5) is 10.5 Å². The molecule has 0 spiro atoms. The maximum atomic E-state index is 11.8. The zero-order valence-electron chi connectivity index (χ0n) is 12.2. The SMILES string of the molecule is Cc1cccc(C)c1NC(=O)NC[C@H](O)CC(C)C. The molecule has 4 heteroatoms. The van der Waals surface area contributed by atoms with E-state index >= 15 is 0 Å². The Labute approximate surface area is 115 Å². The van der Waals surface area contributed by atoms with Crippen LogP contribution in [0.2, 0.25) is 0 Å². The van der Waals surface area contributed by atoms with Gasteiger partial charge in [0.25, 0.3) is 0 Å². The largest absolute Gasteiger partial charge is 0.391 e. The van der Waals surface area contributed by atoms with Gasteiger partial charge in [-0.25, -0.2) is 4.79 Å². The number of urea groups is 1. The zero-order chi connectivity index (χ0) is 14.4. The van der Waals surface area contributed by atoms with Crippen molar-refractivity contribution in [1.82, 2.24) is 5.32 Å². The number of hydrogen-bond acceptors (Lipinski definition) is 2. The van der Waals surface area contributed by atoms with E-state index in [0.29, 0.717) is 12.3 Å². The van der Waals surface area contributed by atoms with Crippen LogP contribution in [0.5, 0.6) is 0 Å². The van der Waals surface area contributed by atoms with E-state index in [9.17, 15) is 9.90 Å². The average molecular weight is 264 g/mol. The van der Waals surface area contributed by atoms with Gasteiger partial charge in [0.05, 0.1) is 6.10 Å². The molecule has 0 aliphatic carbocycles. The molecule has 0 saturated heterocycles. The minimum Gasteiger partial charge on any atom is -0.391 e. The fourth-order valence-corrected chi connectivity index (χ4v) is 2.01. The van der Waals surface area contributed by atoms with Gasteiger partial charge in [-0.2, -0.15) is 0 Å². The lowest BCUT2D eigenvalue weighted by Gasteiger charge is -2.16. The fourth-order valence-electron chi connectivity index (χ4n) is 2.01. The van der Waals surface area contributed by atoms with E-state index in [1.54, 1.807) is 0 Å². The van der Waals surface area contributed by atoms with Crippen LogP contribution in [-0.4, -0.2) is 23.8 Å². The second kappa shape index (κ2) is 7.14. The summed E-state index contributed by atoms with van der Waals surface area (Å²) < 4.78 is 0. The first kappa shape index (κ1) is 15.5. The van der Waals surface area contributed by atoms with Gasteiger partial charge in [0.1, 0.15) is 0 Å². The van der Waals surface area contributed by atoms with E-state index in [2.05, 4.69) is 10.6 Å². The van der Waals surface area contributed by atoms with E-state index < -0.39 is 6.10 Å². The van der Waals surface area contributed by atoms with E-state index in [-0.39, 0.29) is 12.6 Å². The van der Waals surface area contributed by atoms with Crippen LogP contribution in [0.25, 0.3) is 0 Å². The smallest absolute Gasteiger partial charge is 0.319 e. The van der Waals surface area contributed by atoms with Gasteiger partial charge in [-0.15, -0.1) is 0 Å². The van der Waals surface area contributed by atoms with Crippen LogP contribution in [0.3, 0.4) is 0 Å². The first-order valence-electron chi connectivity index (χ1n) is 6.69. The van der Waals surface area contributed by atoms with Gasteiger partial charge in [-0.05, 0) is 37.3 Å². The molecule has 0 fully saturated rings. The third-order valence-electron chi connectivity index (χ3n) is 2.96. The van der Waals surface area contributed by atoms with Gasteiger partial charge < -0.3 is 15.7 Å². The Kier molecular flexibility index (Phi) is 5.83. The Morgan fingerprint density at radius 2 is 1.84 bits per heavy atom. The van der Waals surface area contributed by atoms with Crippen molar-refractivity contribution in [3.8, 4) is 0 Å². The van der Waals surface area contributed by atoms with Crippen molar-refractivity contribution >= 4 is 11.7 Å². The topological polar surface area (TPSA) is 61.4 Å². The molecule has 0 saturated carbocycles. The lowest BCUT2D eigenvalue weighted by Crippen LogP contribution is -2.36. The number of aliphatic hydroxyl groups is 1. The summed E-state index contributed by atoms with van der Waals surface area (Å²) in [6.45, 7) is 8.27. The molecule has 19 heavy (non-hydrogen) atoms. The second-order valence-electron chi connectivity index (χ2n) is 5.39. The molecule has 2 amide bonds. The third-order valence-corrected chi connectivity index (χ3v) is 2.96. The van der Waals surface area contributed by atoms with E-state index in [1.807, 2.05) is 45.9 Å². The summed E-state index contributed by atoms with van der Waals surface area (Å²) in [6.07, 6.45) is 0.188. The highest BCUT2D eigenvalue weighted by atomic mass is 16.3. The fraction of sp³-hybridized carbons (Fsp3) is 0.533. The summed E-state index contributed by atoms with van der Waals surface area (Å²) in [4.78, 5) is 11.8. The summed E-state index contributed by atoms with van der Waals surface area (Å²) in [6, 6.07) is 5.59. The van der Waals surface area contributed by atoms with Gasteiger partial charge >= 0.3 is 6.03 Å². The maximum absolute atomic E-state index is 11.8. The molecule has 0 bridgehead atoms. The van der Waals surface area contributed by atoms with Crippen molar-refractivity contribution in [2.24, 2.45) is 5.92 Å². The van der Waals surface area contributed by atoms with Crippen molar-refractivity contribution < 1.29 is 9.90 Å². The molecular weight excluding hydrogens is 240 g/mol. The summed E-state index contributed by atoms with van der Waals surface area (Å²) in [5.74, 6) is 0.415. The molecule has 0 aliphatic rings. The molecule has 1 atom stereocenters. The molecular formula is C15H24N2O2. The number of benzene rings is 1. The molecule has 1 aromatic rings. The van der Waals surface area contributed by atoms with Crippen LogP contribution in [0, 0.1) is 19.8 Å². The molecule has 0 aromatic heterocycles. The molecule has 0 unspecified atom stereocenters. The number of anilines is 1. The first-order valence-corrected chi connectivity index (χ1v) is 6.69. The Morgan fingerprint density at radius 1 is 1.26 bits per heavy atom. The molecule has 1 aromatic carbocycles. The van der Waals surface area contributed by atoms with Crippen molar-refractivity contribution in [3.63, 3.8) is 0 Å². The Balaban J connectivity index is 2.48. The number of aryl methyl sites for hydroxylation is 2. The Hall–Kier alpha value is -1.55. The number of nitrogens with one attached hydrogen (secondary N) is 2. The molecule has 0 aliphatic heterocycles. The summed E-state index contributed by atoms with van der Waals surface area (Å²) in [7, 11) is 0. The van der Waals surface area contributed by atoms with E-state index in [1.165, 1.54) is 0 Å². The van der Waals surface area contributed by atoms with Crippen molar-refractivity contribution in [2.45, 2.75) is 40.2 Å². The number of amides is 2. The van der Waals surface area contributed by atoms with Gasteiger partial charge in [-0.1, -0.05) is 32.0 Å². The van der Waals surface area contributed by atoms with Crippen LogP contribution in [0.15, 0.2) is 18.2 Å². The highest BCUT2D eigenvalue weighted by Crippen LogP contribution is 2.19. The third kappa shape index (κ3) is 5.30. The molecule has 1 rings (SSSR count). The minimum absolute atomic E-state index is 0.273. The number of hydrogen-bond donors (Lipinski definition) is 3. The summed E-state index contributed by atoms with van der Waals surface area (Å²) in [5, 5.41) is 15.2. The monoisotopic (exact) mass is 264 g/mol. The van der Waals surface area contributed by atoms with Crippen LogP contribution < -0.4 is 10.6 Å². The first-order chi connectivity index (χ1) is 8.90. The molecule has 4 nitrogen and oxygen atoms in total. The quantitative estimate of drug-likeness (QED) is 0.766. The van der Waals surface area contributed by atoms with Crippen LogP contribution in [-0.2, 0) is 0 Å². The predicted octanol–water partition coefficient (Wildman–Crippen LogP) is 2.83. The van der Waals surface area contributed by atoms with Crippen molar-refractivity contribution in [1.29, 1.82) is 0 Å². The molecule has 0 radical (unpaired) electrons. The van der Waals surface area contributed by atoms with Gasteiger partial charge in [0.15, 0.2) is 0 Å². The number of aliphatic hydroxyl groups excluding tert-OH is 1. The Morgan fingerprint density at radius 3 is 2.37 bits per heavy atom. The highest BCUT2D eigenvalue weighted by Gasteiger charge is 2.10. The van der Waals surface area contributed by atoms with Crippen LogP contribution >= 0.6 is 0 Å². The summed E-state index contributed by atoms with van der Waals surface area (Å²) in [5.41, 5.74) is 2.88. The van der Waals surface area contributed by atoms with Gasteiger partial charge in [0, 0.05) is 12.2 Å². The van der Waals surface area contributed by atoms with E-state index in [0.717, 1.165) is 16.8 Å². The van der Waals surface area contributed by atoms with Gasteiger partial charge in [0.2, 0.25) is 0 Å².